The molecule has 1 N–H and O–H groups in total. The van der Waals surface area contributed by atoms with Gasteiger partial charge in [-0.25, -0.2) is 9.97 Å². The predicted octanol–water partition coefficient (Wildman–Crippen LogP) is 3.24. The van der Waals surface area contributed by atoms with Crippen molar-refractivity contribution in [1.82, 2.24) is 15.0 Å². The molecule has 0 aliphatic carbocycles. The van der Waals surface area contributed by atoms with Crippen LogP contribution >= 0.6 is 0 Å². The van der Waals surface area contributed by atoms with Crippen LogP contribution < -0.4 is 4.90 Å². The lowest BCUT2D eigenvalue weighted by atomic mass is 10.1. The number of aromatic nitrogens is 3. The SMILES string of the molecule is COC=C(C)c1cnc2c(N3CCOCC3)nc(-c3cccc(O)c3)nc2c1. The van der Waals surface area contributed by atoms with Crippen molar-refractivity contribution >= 4 is 22.4 Å². The van der Waals surface area contributed by atoms with Crippen molar-refractivity contribution in [3.63, 3.8) is 0 Å². The van der Waals surface area contributed by atoms with E-state index in [0.717, 1.165) is 46.6 Å². The van der Waals surface area contributed by atoms with Crippen LogP contribution in [0.5, 0.6) is 5.75 Å². The molecule has 7 nitrogen and oxygen atoms in total. The van der Waals surface area contributed by atoms with Gasteiger partial charge in [0, 0.05) is 30.4 Å². The molecule has 144 valence electrons. The molecule has 7 heteroatoms. The summed E-state index contributed by atoms with van der Waals surface area (Å²) in [6, 6.07) is 8.96. The van der Waals surface area contributed by atoms with Gasteiger partial charge >= 0.3 is 0 Å². The number of phenolic OH excluding ortho intramolecular Hbond substituents is 1. The number of hydrogen-bond donors (Lipinski definition) is 1. The van der Waals surface area contributed by atoms with E-state index in [0.29, 0.717) is 19.0 Å². The van der Waals surface area contributed by atoms with Crippen LogP contribution in [0.1, 0.15) is 12.5 Å². The number of rotatable bonds is 4. The number of ether oxygens (including phenoxy) is 2. The maximum atomic E-state index is 9.87. The Labute approximate surface area is 163 Å². The second-order valence-corrected chi connectivity index (χ2v) is 6.65. The van der Waals surface area contributed by atoms with Crippen LogP contribution in [-0.2, 0) is 9.47 Å². The van der Waals surface area contributed by atoms with Crippen molar-refractivity contribution in [3.05, 3.63) is 48.4 Å². The fourth-order valence-corrected chi connectivity index (χ4v) is 3.23. The molecule has 0 saturated carbocycles. The van der Waals surface area contributed by atoms with Gasteiger partial charge in [-0.1, -0.05) is 12.1 Å². The topological polar surface area (TPSA) is 80.6 Å². The number of nitrogens with zero attached hydrogens (tertiary/aromatic N) is 4. The smallest absolute Gasteiger partial charge is 0.162 e. The van der Waals surface area contributed by atoms with Gasteiger partial charge in [-0.05, 0) is 30.7 Å². The molecule has 0 spiro atoms. The van der Waals surface area contributed by atoms with Crippen molar-refractivity contribution < 1.29 is 14.6 Å². The lowest BCUT2D eigenvalue weighted by Crippen LogP contribution is -2.37. The van der Waals surface area contributed by atoms with Crippen molar-refractivity contribution in [2.75, 3.05) is 38.3 Å². The molecule has 0 atom stereocenters. The number of anilines is 1. The summed E-state index contributed by atoms with van der Waals surface area (Å²) in [6.45, 7) is 4.77. The minimum atomic E-state index is 0.180. The molecule has 1 fully saturated rings. The van der Waals surface area contributed by atoms with Gasteiger partial charge in [0.1, 0.15) is 11.3 Å². The minimum absolute atomic E-state index is 0.180. The van der Waals surface area contributed by atoms with Gasteiger partial charge in [0.05, 0.1) is 32.1 Å². The highest BCUT2D eigenvalue weighted by Gasteiger charge is 2.19. The Kier molecular flexibility index (Phi) is 5.08. The average Bonchev–Trinajstić information content (AvgIpc) is 2.73. The molecule has 2 aromatic heterocycles. The summed E-state index contributed by atoms with van der Waals surface area (Å²) in [5.74, 6) is 1.52. The number of fused-ring (bicyclic) bond motifs is 1. The summed E-state index contributed by atoms with van der Waals surface area (Å²) in [7, 11) is 1.62. The van der Waals surface area contributed by atoms with E-state index in [4.69, 9.17) is 19.4 Å². The molecule has 1 saturated heterocycles. The van der Waals surface area contributed by atoms with E-state index in [1.807, 2.05) is 25.3 Å². The van der Waals surface area contributed by atoms with Crippen LogP contribution in [0.3, 0.4) is 0 Å². The first-order valence-corrected chi connectivity index (χ1v) is 9.15. The Bertz CT molecular complexity index is 1030. The van der Waals surface area contributed by atoms with Crippen LogP contribution in [-0.4, -0.2) is 53.5 Å². The van der Waals surface area contributed by atoms with Gasteiger partial charge in [0.2, 0.25) is 0 Å². The number of aromatic hydroxyl groups is 1. The first-order valence-electron chi connectivity index (χ1n) is 9.15. The van der Waals surface area contributed by atoms with Crippen LogP contribution in [0.4, 0.5) is 5.82 Å². The van der Waals surface area contributed by atoms with E-state index >= 15 is 0 Å². The van der Waals surface area contributed by atoms with Gasteiger partial charge in [-0.15, -0.1) is 0 Å². The zero-order chi connectivity index (χ0) is 19.5. The monoisotopic (exact) mass is 378 g/mol. The molecule has 3 heterocycles. The summed E-state index contributed by atoms with van der Waals surface area (Å²) >= 11 is 0. The summed E-state index contributed by atoms with van der Waals surface area (Å²) in [5.41, 5.74) is 4.15. The Morgan fingerprint density at radius 2 is 2.04 bits per heavy atom. The van der Waals surface area contributed by atoms with E-state index in [1.54, 1.807) is 31.6 Å². The lowest BCUT2D eigenvalue weighted by molar-refractivity contribution is 0.122. The fraction of sp³-hybridized carbons (Fsp3) is 0.286. The Morgan fingerprint density at radius 3 is 2.79 bits per heavy atom. The third kappa shape index (κ3) is 3.61. The summed E-state index contributed by atoms with van der Waals surface area (Å²) in [6.07, 6.45) is 3.50. The maximum absolute atomic E-state index is 9.87. The number of methoxy groups -OCH3 is 1. The second kappa shape index (κ2) is 7.82. The number of phenols is 1. The Balaban J connectivity index is 1.90. The minimum Gasteiger partial charge on any atom is -0.508 e. The van der Waals surface area contributed by atoms with E-state index in [1.165, 1.54) is 0 Å². The number of morpholine rings is 1. The number of hydrogen-bond acceptors (Lipinski definition) is 7. The van der Waals surface area contributed by atoms with Crippen LogP contribution in [0.2, 0.25) is 0 Å². The molecule has 0 amide bonds. The molecule has 1 aliphatic rings. The first kappa shape index (κ1) is 18.2. The highest BCUT2D eigenvalue weighted by Crippen LogP contribution is 2.29. The second-order valence-electron chi connectivity index (χ2n) is 6.65. The average molecular weight is 378 g/mol. The zero-order valence-electron chi connectivity index (χ0n) is 15.9. The molecule has 28 heavy (non-hydrogen) atoms. The van der Waals surface area contributed by atoms with Gasteiger partial charge < -0.3 is 19.5 Å². The maximum Gasteiger partial charge on any atom is 0.162 e. The lowest BCUT2D eigenvalue weighted by Gasteiger charge is -2.28. The van der Waals surface area contributed by atoms with E-state index in [-0.39, 0.29) is 5.75 Å². The third-order valence-corrected chi connectivity index (χ3v) is 4.68. The van der Waals surface area contributed by atoms with Crippen molar-refractivity contribution in [2.24, 2.45) is 0 Å². The van der Waals surface area contributed by atoms with Crippen molar-refractivity contribution in [2.45, 2.75) is 6.92 Å². The highest BCUT2D eigenvalue weighted by molar-refractivity contribution is 5.89. The standard InChI is InChI=1S/C21H22N4O3/c1-14(13-27-2)16-11-18-19(22-12-16)21(25-6-8-28-9-7-25)24-20(23-18)15-4-3-5-17(26)10-15/h3-5,10-13,26H,6-9H2,1-2H3. The first-order chi connectivity index (χ1) is 13.7. The highest BCUT2D eigenvalue weighted by atomic mass is 16.5. The molecule has 0 radical (unpaired) electrons. The molecule has 3 aromatic rings. The third-order valence-electron chi connectivity index (χ3n) is 4.68. The molecular weight excluding hydrogens is 356 g/mol. The number of allylic oxidation sites excluding steroid dienone is 1. The van der Waals surface area contributed by atoms with Crippen molar-refractivity contribution in [1.29, 1.82) is 0 Å². The molecule has 4 rings (SSSR count). The number of pyridine rings is 1. The fourth-order valence-electron chi connectivity index (χ4n) is 3.23. The van der Waals surface area contributed by atoms with Crippen LogP contribution in [0, 0.1) is 0 Å². The van der Waals surface area contributed by atoms with E-state index in [2.05, 4.69) is 9.88 Å². The van der Waals surface area contributed by atoms with Gasteiger partial charge in [-0.2, -0.15) is 0 Å². The van der Waals surface area contributed by atoms with Gasteiger partial charge in [0.15, 0.2) is 11.6 Å². The number of benzene rings is 1. The van der Waals surface area contributed by atoms with E-state index < -0.39 is 0 Å². The Hall–Kier alpha value is -3.19. The molecule has 0 unspecified atom stereocenters. The quantitative estimate of drug-likeness (QED) is 0.698. The summed E-state index contributed by atoms with van der Waals surface area (Å²) < 4.78 is 10.6. The van der Waals surface area contributed by atoms with Crippen molar-refractivity contribution in [3.8, 4) is 17.1 Å². The van der Waals surface area contributed by atoms with Gasteiger partial charge in [0.25, 0.3) is 0 Å². The molecule has 0 bridgehead atoms. The molecule has 1 aliphatic heterocycles. The Morgan fingerprint density at radius 1 is 1.21 bits per heavy atom. The normalized spacial score (nSPS) is 15.1. The van der Waals surface area contributed by atoms with Crippen LogP contribution in [0.15, 0.2) is 42.8 Å². The van der Waals surface area contributed by atoms with Crippen LogP contribution in [0.25, 0.3) is 28.0 Å². The molecule has 1 aromatic carbocycles. The van der Waals surface area contributed by atoms with E-state index in [9.17, 15) is 5.11 Å². The largest absolute Gasteiger partial charge is 0.508 e. The molecular formula is C21H22N4O3. The van der Waals surface area contributed by atoms with Gasteiger partial charge in [-0.3, -0.25) is 4.98 Å². The zero-order valence-corrected chi connectivity index (χ0v) is 15.9. The summed E-state index contributed by atoms with van der Waals surface area (Å²) in [4.78, 5) is 16.4. The summed E-state index contributed by atoms with van der Waals surface area (Å²) in [5, 5.41) is 9.87. The predicted molar refractivity (Wildman–Crippen MR) is 108 cm³/mol.